The third-order valence-corrected chi connectivity index (χ3v) is 3.19. The molecule has 2 N–H and O–H groups in total. The van der Waals surface area contributed by atoms with E-state index in [0.29, 0.717) is 13.2 Å². The number of rotatable bonds is 5. The highest BCUT2D eigenvalue weighted by molar-refractivity contribution is 5.80. The predicted octanol–water partition coefficient (Wildman–Crippen LogP) is 1.48. The van der Waals surface area contributed by atoms with E-state index in [1.807, 2.05) is 19.9 Å². The first-order chi connectivity index (χ1) is 8.97. The molecule has 1 amide bonds. The van der Waals surface area contributed by atoms with Gasteiger partial charge in [-0.3, -0.25) is 9.63 Å². The van der Waals surface area contributed by atoms with Crippen LogP contribution in [-0.2, 0) is 14.4 Å². The largest absolute Gasteiger partial charge is 0.381 e. The van der Waals surface area contributed by atoms with Crippen molar-refractivity contribution in [3.05, 3.63) is 12.2 Å². The molecule has 0 aromatic rings. The summed E-state index contributed by atoms with van der Waals surface area (Å²) in [6, 6.07) is -0.553. The number of nitrogens with two attached hydrogens (primary N) is 1. The molecule has 0 aliphatic carbocycles. The Morgan fingerprint density at radius 3 is 2.84 bits per heavy atom. The van der Waals surface area contributed by atoms with Gasteiger partial charge >= 0.3 is 0 Å². The van der Waals surface area contributed by atoms with Gasteiger partial charge in [0.05, 0.1) is 18.7 Å². The first-order valence-corrected chi connectivity index (χ1v) is 6.97. The first kappa shape index (κ1) is 16.1. The van der Waals surface area contributed by atoms with Crippen molar-refractivity contribution in [1.82, 2.24) is 5.06 Å². The SMILES string of the molecule is CCOC[C@@H](C)[C@@H]1C=CC[C@@H](C)N(C(=O)[C@H](C)N)O1. The molecule has 5 nitrogen and oxygen atoms in total. The van der Waals surface area contributed by atoms with Gasteiger partial charge in [0.1, 0.15) is 6.10 Å². The maximum Gasteiger partial charge on any atom is 0.263 e. The maximum atomic E-state index is 12.1. The summed E-state index contributed by atoms with van der Waals surface area (Å²) in [5, 5.41) is 1.43. The van der Waals surface area contributed by atoms with E-state index in [0.717, 1.165) is 6.42 Å². The van der Waals surface area contributed by atoms with Crippen LogP contribution < -0.4 is 5.73 Å². The fourth-order valence-electron chi connectivity index (χ4n) is 1.94. The quantitative estimate of drug-likeness (QED) is 0.769. The van der Waals surface area contributed by atoms with Crippen LogP contribution in [-0.4, -0.2) is 42.4 Å². The van der Waals surface area contributed by atoms with Crippen molar-refractivity contribution in [2.45, 2.75) is 52.3 Å². The van der Waals surface area contributed by atoms with Crippen molar-refractivity contribution in [3.63, 3.8) is 0 Å². The molecule has 1 heterocycles. The minimum absolute atomic E-state index is 0.000886. The second-order valence-corrected chi connectivity index (χ2v) is 5.17. The van der Waals surface area contributed by atoms with Crippen molar-refractivity contribution in [3.8, 4) is 0 Å². The van der Waals surface area contributed by atoms with E-state index in [9.17, 15) is 4.79 Å². The zero-order valence-electron chi connectivity index (χ0n) is 12.3. The Kier molecular flexibility index (Phi) is 6.48. The van der Waals surface area contributed by atoms with Crippen molar-refractivity contribution in [1.29, 1.82) is 0 Å². The molecule has 19 heavy (non-hydrogen) atoms. The maximum absolute atomic E-state index is 12.1. The molecule has 1 aliphatic heterocycles. The number of ether oxygens (including phenoxy) is 1. The molecular weight excluding hydrogens is 244 g/mol. The van der Waals surface area contributed by atoms with Gasteiger partial charge < -0.3 is 10.5 Å². The number of carbonyl (C=O) groups excluding carboxylic acids is 1. The summed E-state index contributed by atoms with van der Waals surface area (Å²) < 4.78 is 5.42. The van der Waals surface area contributed by atoms with E-state index in [-0.39, 0.29) is 24.0 Å². The van der Waals surface area contributed by atoms with Crippen molar-refractivity contribution in [2.24, 2.45) is 11.7 Å². The molecule has 0 bridgehead atoms. The van der Waals surface area contributed by atoms with Gasteiger partial charge in [0.15, 0.2) is 0 Å². The van der Waals surface area contributed by atoms with Crippen LogP contribution >= 0.6 is 0 Å². The average molecular weight is 270 g/mol. The zero-order chi connectivity index (χ0) is 14.4. The first-order valence-electron chi connectivity index (χ1n) is 6.97. The zero-order valence-corrected chi connectivity index (χ0v) is 12.3. The van der Waals surface area contributed by atoms with Gasteiger partial charge in [0.2, 0.25) is 0 Å². The third kappa shape index (κ3) is 4.60. The Bertz CT molecular complexity index is 318. The van der Waals surface area contributed by atoms with Crippen LogP contribution in [0.1, 0.15) is 34.1 Å². The van der Waals surface area contributed by atoms with Crippen molar-refractivity contribution < 1.29 is 14.4 Å². The molecule has 0 saturated carbocycles. The molecule has 0 saturated heterocycles. The highest BCUT2D eigenvalue weighted by Gasteiger charge is 2.29. The molecule has 0 radical (unpaired) electrons. The Morgan fingerprint density at radius 2 is 2.26 bits per heavy atom. The smallest absolute Gasteiger partial charge is 0.263 e. The van der Waals surface area contributed by atoms with Crippen LogP contribution in [0, 0.1) is 5.92 Å². The van der Waals surface area contributed by atoms with Gasteiger partial charge in [0, 0.05) is 12.5 Å². The molecule has 110 valence electrons. The van der Waals surface area contributed by atoms with Gasteiger partial charge in [-0.1, -0.05) is 19.1 Å². The highest BCUT2D eigenvalue weighted by atomic mass is 16.7. The Labute approximate surface area is 115 Å². The van der Waals surface area contributed by atoms with Crippen LogP contribution in [0.15, 0.2) is 12.2 Å². The number of carbonyl (C=O) groups is 1. The van der Waals surface area contributed by atoms with Gasteiger partial charge in [-0.05, 0) is 27.2 Å². The minimum Gasteiger partial charge on any atom is -0.381 e. The highest BCUT2D eigenvalue weighted by Crippen LogP contribution is 2.20. The standard InChI is InChI=1S/C14H26N2O3/c1-5-18-9-10(2)13-8-6-7-11(3)16(19-13)14(17)12(4)15/h6,8,10-13H,5,7,9,15H2,1-4H3/t10-,11-,12+,13+/m1/s1. The number of hydrogen-bond donors (Lipinski definition) is 1. The predicted molar refractivity (Wildman–Crippen MR) is 74.2 cm³/mol. The molecule has 0 aromatic heterocycles. The summed E-state index contributed by atoms with van der Waals surface area (Å²) in [6.07, 6.45) is 4.69. The van der Waals surface area contributed by atoms with E-state index in [1.54, 1.807) is 6.92 Å². The lowest BCUT2D eigenvalue weighted by Gasteiger charge is -2.31. The number of hydrogen-bond acceptors (Lipinski definition) is 4. The molecule has 4 atom stereocenters. The van der Waals surface area contributed by atoms with Crippen molar-refractivity contribution in [2.75, 3.05) is 13.2 Å². The van der Waals surface area contributed by atoms with E-state index >= 15 is 0 Å². The molecule has 1 aliphatic rings. The summed E-state index contributed by atoms with van der Waals surface area (Å²) in [5.41, 5.74) is 5.67. The second kappa shape index (κ2) is 7.62. The minimum atomic E-state index is -0.552. The number of amides is 1. The van der Waals surface area contributed by atoms with Crippen LogP contribution in [0.3, 0.4) is 0 Å². The van der Waals surface area contributed by atoms with Crippen LogP contribution in [0.5, 0.6) is 0 Å². The molecule has 0 spiro atoms. The molecule has 1 rings (SSSR count). The lowest BCUT2D eigenvalue weighted by atomic mass is 10.1. The molecule has 0 aromatic carbocycles. The molecule has 0 unspecified atom stereocenters. The second-order valence-electron chi connectivity index (χ2n) is 5.17. The van der Waals surface area contributed by atoms with Crippen LogP contribution in [0.4, 0.5) is 0 Å². The fourth-order valence-corrected chi connectivity index (χ4v) is 1.94. The van der Waals surface area contributed by atoms with E-state index in [1.165, 1.54) is 5.06 Å². The topological polar surface area (TPSA) is 64.8 Å². The molecule has 0 fully saturated rings. The fraction of sp³-hybridized carbons (Fsp3) is 0.786. The summed E-state index contributed by atoms with van der Waals surface area (Å²) in [5.74, 6) is 0.00897. The number of hydroxylamine groups is 2. The lowest BCUT2D eigenvalue weighted by molar-refractivity contribution is -0.219. The monoisotopic (exact) mass is 270 g/mol. The van der Waals surface area contributed by atoms with Crippen LogP contribution in [0.25, 0.3) is 0 Å². The van der Waals surface area contributed by atoms with E-state index in [4.69, 9.17) is 15.3 Å². The Hall–Kier alpha value is -0.910. The van der Waals surface area contributed by atoms with Gasteiger partial charge in [-0.2, -0.15) is 0 Å². The molecule has 5 heteroatoms. The Balaban J connectivity index is 2.71. The van der Waals surface area contributed by atoms with Gasteiger partial charge in [-0.15, -0.1) is 0 Å². The summed E-state index contributed by atoms with van der Waals surface area (Å²) in [4.78, 5) is 17.9. The average Bonchev–Trinajstić information content (AvgIpc) is 2.57. The summed E-state index contributed by atoms with van der Waals surface area (Å²) >= 11 is 0. The summed E-state index contributed by atoms with van der Waals surface area (Å²) in [7, 11) is 0. The number of nitrogens with zero attached hydrogens (tertiary/aromatic N) is 1. The van der Waals surface area contributed by atoms with Gasteiger partial charge in [-0.25, -0.2) is 5.06 Å². The van der Waals surface area contributed by atoms with E-state index < -0.39 is 6.04 Å². The van der Waals surface area contributed by atoms with E-state index in [2.05, 4.69) is 13.0 Å². The summed E-state index contributed by atoms with van der Waals surface area (Å²) in [6.45, 7) is 8.94. The Morgan fingerprint density at radius 1 is 1.58 bits per heavy atom. The lowest BCUT2D eigenvalue weighted by Crippen LogP contribution is -2.48. The van der Waals surface area contributed by atoms with Gasteiger partial charge in [0.25, 0.3) is 5.91 Å². The normalized spacial score (nSPS) is 26.9. The molecular formula is C14H26N2O3. The third-order valence-electron chi connectivity index (χ3n) is 3.19. The van der Waals surface area contributed by atoms with Crippen LogP contribution in [0.2, 0.25) is 0 Å². The van der Waals surface area contributed by atoms with Crippen molar-refractivity contribution >= 4 is 5.91 Å².